The highest BCUT2D eigenvalue weighted by Crippen LogP contribution is 2.34. The molecule has 170 valence electrons. The standard InChI is InChI=1S/C25H27FN2O2.CH3Cl/c26-23-16-21(12-10-19(23)11-13-25(29)30)27-17-18-8-9-20-5-4-14-28(24(20)15-18)22-6-2-1-3-7-22;1-2/h1-3,6-10,15-16,21,27H,4-5,11-14,17H2,(H,29,30);1H3. The normalized spacial score (nSPS) is 17.5. The average Bonchev–Trinajstić information content (AvgIpc) is 2.83. The molecule has 1 aliphatic heterocycles. The number of hydrogen-bond acceptors (Lipinski definition) is 3. The first-order valence-corrected chi connectivity index (χ1v) is 11.7. The van der Waals surface area contributed by atoms with Crippen LogP contribution in [0, 0.1) is 0 Å². The van der Waals surface area contributed by atoms with Crippen molar-refractivity contribution in [3.63, 3.8) is 0 Å². The van der Waals surface area contributed by atoms with Crippen molar-refractivity contribution in [3.8, 4) is 0 Å². The van der Waals surface area contributed by atoms with Gasteiger partial charge in [-0.2, -0.15) is 0 Å². The number of aliphatic carboxylic acids is 1. The average molecular weight is 457 g/mol. The fourth-order valence-corrected chi connectivity index (χ4v) is 4.18. The molecule has 4 rings (SSSR count). The Morgan fingerprint density at radius 3 is 2.72 bits per heavy atom. The first-order valence-electron chi connectivity index (χ1n) is 10.9. The van der Waals surface area contributed by atoms with E-state index in [2.05, 4.69) is 64.3 Å². The minimum absolute atomic E-state index is 0.0434. The number of benzene rings is 2. The number of nitrogens with one attached hydrogen (secondary N) is 1. The number of halogens is 2. The molecule has 0 fully saturated rings. The molecule has 0 saturated heterocycles. The molecule has 0 spiro atoms. The Kier molecular flexibility index (Phi) is 8.89. The minimum Gasteiger partial charge on any atom is -0.481 e. The number of alkyl halides is 1. The number of allylic oxidation sites excluding steroid dienone is 2. The van der Waals surface area contributed by atoms with Gasteiger partial charge in [-0.3, -0.25) is 4.79 Å². The summed E-state index contributed by atoms with van der Waals surface area (Å²) in [5.41, 5.74) is 5.50. The van der Waals surface area contributed by atoms with Gasteiger partial charge in [0.25, 0.3) is 0 Å². The SMILES string of the molecule is CCl.O=C(O)CCC1=CCC(NCc2ccc3c(c2)N(c2ccccc2)CCC3)C=C1F. The molecule has 1 unspecified atom stereocenters. The summed E-state index contributed by atoms with van der Waals surface area (Å²) in [6.45, 7) is 1.66. The van der Waals surface area contributed by atoms with Gasteiger partial charge in [0.1, 0.15) is 5.83 Å². The van der Waals surface area contributed by atoms with Crippen LogP contribution in [0.15, 0.2) is 72.1 Å². The largest absolute Gasteiger partial charge is 0.481 e. The number of anilines is 2. The molecule has 32 heavy (non-hydrogen) atoms. The van der Waals surface area contributed by atoms with Gasteiger partial charge >= 0.3 is 5.97 Å². The number of aryl methyl sites for hydroxylation is 1. The van der Waals surface area contributed by atoms with Crippen LogP contribution < -0.4 is 10.2 Å². The Balaban J connectivity index is 0.00000141. The van der Waals surface area contributed by atoms with Gasteiger partial charge in [0.15, 0.2) is 0 Å². The van der Waals surface area contributed by atoms with E-state index in [1.807, 2.05) is 12.1 Å². The Bertz CT molecular complexity index is 975. The van der Waals surface area contributed by atoms with Crippen molar-refractivity contribution in [3.05, 3.63) is 83.2 Å². The zero-order valence-electron chi connectivity index (χ0n) is 18.4. The zero-order valence-corrected chi connectivity index (χ0v) is 19.1. The van der Waals surface area contributed by atoms with Crippen molar-refractivity contribution in [2.24, 2.45) is 0 Å². The van der Waals surface area contributed by atoms with Crippen LogP contribution in [0.25, 0.3) is 0 Å². The Labute approximate surface area is 194 Å². The van der Waals surface area contributed by atoms with Crippen LogP contribution in [0.3, 0.4) is 0 Å². The summed E-state index contributed by atoms with van der Waals surface area (Å²) in [6.07, 6.45) is 7.97. The van der Waals surface area contributed by atoms with Crippen LogP contribution in [0.1, 0.15) is 36.8 Å². The van der Waals surface area contributed by atoms with Crippen molar-refractivity contribution in [1.29, 1.82) is 0 Å². The molecule has 2 aromatic rings. The second-order valence-electron chi connectivity index (χ2n) is 7.91. The van der Waals surface area contributed by atoms with E-state index in [0.717, 1.165) is 19.4 Å². The van der Waals surface area contributed by atoms with Gasteiger partial charge in [-0.25, -0.2) is 4.39 Å². The van der Waals surface area contributed by atoms with E-state index in [9.17, 15) is 9.18 Å². The number of para-hydroxylation sites is 1. The minimum atomic E-state index is -0.902. The number of carbonyl (C=O) groups is 1. The fraction of sp³-hybridized carbons (Fsp3) is 0.346. The molecule has 4 nitrogen and oxygen atoms in total. The number of rotatable bonds is 7. The molecule has 1 atom stereocenters. The monoisotopic (exact) mass is 456 g/mol. The van der Waals surface area contributed by atoms with Crippen LogP contribution in [0.4, 0.5) is 15.8 Å². The fourth-order valence-electron chi connectivity index (χ4n) is 4.18. The van der Waals surface area contributed by atoms with Gasteiger partial charge in [-0.1, -0.05) is 36.4 Å². The zero-order chi connectivity index (χ0) is 22.9. The van der Waals surface area contributed by atoms with Crippen LogP contribution in [0.5, 0.6) is 0 Å². The van der Waals surface area contributed by atoms with Gasteiger partial charge in [0.2, 0.25) is 0 Å². The Hall–Kier alpha value is -2.63. The van der Waals surface area contributed by atoms with Gasteiger partial charge < -0.3 is 15.3 Å². The van der Waals surface area contributed by atoms with E-state index in [0.29, 0.717) is 18.5 Å². The molecule has 2 N–H and O–H groups in total. The van der Waals surface area contributed by atoms with E-state index in [-0.39, 0.29) is 24.7 Å². The van der Waals surface area contributed by atoms with Crippen LogP contribution in [-0.4, -0.2) is 30.0 Å². The van der Waals surface area contributed by atoms with Crippen LogP contribution in [-0.2, 0) is 17.8 Å². The lowest BCUT2D eigenvalue weighted by atomic mass is 9.97. The highest BCUT2D eigenvalue weighted by atomic mass is 35.5. The number of hydrogen-bond donors (Lipinski definition) is 2. The molecule has 0 bridgehead atoms. The number of nitrogens with zero attached hydrogens (tertiary/aromatic N) is 1. The summed E-state index contributed by atoms with van der Waals surface area (Å²) in [7, 11) is 0. The predicted octanol–water partition coefficient (Wildman–Crippen LogP) is 6.13. The molecule has 0 radical (unpaired) electrons. The van der Waals surface area contributed by atoms with Crippen LogP contribution in [0.2, 0.25) is 0 Å². The van der Waals surface area contributed by atoms with Crippen molar-refractivity contribution in [2.75, 3.05) is 17.8 Å². The molecule has 2 aromatic carbocycles. The third-order valence-electron chi connectivity index (χ3n) is 5.79. The lowest BCUT2D eigenvalue weighted by Crippen LogP contribution is -2.29. The topological polar surface area (TPSA) is 52.6 Å². The third kappa shape index (κ3) is 6.21. The summed E-state index contributed by atoms with van der Waals surface area (Å²) in [6, 6.07) is 17.0. The quantitative estimate of drug-likeness (QED) is 0.492. The molecular formula is C26H30ClFN2O2. The number of carboxylic acids is 1. The van der Waals surface area contributed by atoms with E-state index >= 15 is 0 Å². The maximum Gasteiger partial charge on any atom is 0.303 e. The van der Waals surface area contributed by atoms with Gasteiger partial charge in [-0.15, -0.1) is 11.6 Å². The molecule has 0 aromatic heterocycles. The van der Waals surface area contributed by atoms with E-state index in [1.54, 1.807) is 6.08 Å². The lowest BCUT2D eigenvalue weighted by molar-refractivity contribution is -0.136. The summed E-state index contributed by atoms with van der Waals surface area (Å²) in [5, 5.41) is 12.2. The van der Waals surface area contributed by atoms with E-state index in [1.165, 1.54) is 28.9 Å². The summed E-state index contributed by atoms with van der Waals surface area (Å²) in [4.78, 5) is 13.1. The smallest absolute Gasteiger partial charge is 0.303 e. The maximum absolute atomic E-state index is 14.3. The van der Waals surface area contributed by atoms with E-state index < -0.39 is 5.97 Å². The first-order chi connectivity index (χ1) is 15.6. The van der Waals surface area contributed by atoms with Gasteiger partial charge in [0.05, 0.1) is 0 Å². The lowest BCUT2D eigenvalue weighted by Gasteiger charge is -2.32. The van der Waals surface area contributed by atoms with Crippen LogP contribution >= 0.6 is 11.6 Å². The summed E-state index contributed by atoms with van der Waals surface area (Å²) < 4.78 is 14.3. The summed E-state index contributed by atoms with van der Waals surface area (Å²) >= 11 is 4.64. The molecule has 6 heteroatoms. The second kappa shape index (κ2) is 11.8. The predicted molar refractivity (Wildman–Crippen MR) is 129 cm³/mol. The summed E-state index contributed by atoms with van der Waals surface area (Å²) in [5.74, 6) is -1.21. The Morgan fingerprint density at radius 1 is 1.22 bits per heavy atom. The first kappa shape index (κ1) is 24.0. The molecular weight excluding hydrogens is 427 g/mol. The van der Waals surface area contributed by atoms with Gasteiger partial charge in [0, 0.05) is 43.3 Å². The molecule has 1 heterocycles. The van der Waals surface area contributed by atoms with Gasteiger partial charge in [-0.05, 0) is 66.7 Å². The molecule has 1 aliphatic carbocycles. The number of fused-ring (bicyclic) bond motifs is 1. The highest BCUT2D eigenvalue weighted by Gasteiger charge is 2.20. The highest BCUT2D eigenvalue weighted by molar-refractivity contribution is 6.15. The van der Waals surface area contributed by atoms with Crippen molar-refractivity contribution < 1.29 is 14.3 Å². The third-order valence-corrected chi connectivity index (χ3v) is 5.79. The maximum atomic E-state index is 14.3. The molecule has 0 amide bonds. The van der Waals surface area contributed by atoms with E-state index in [4.69, 9.17) is 5.11 Å². The number of carboxylic acid groups (broad SMARTS) is 1. The van der Waals surface area contributed by atoms with Crippen molar-refractivity contribution in [2.45, 2.75) is 44.7 Å². The second-order valence-corrected chi connectivity index (χ2v) is 7.91. The Morgan fingerprint density at radius 2 is 2.00 bits per heavy atom. The molecule has 2 aliphatic rings. The molecule has 0 saturated carbocycles. The van der Waals surface area contributed by atoms with Crippen molar-refractivity contribution in [1.82, 2.24) is 5.32 Å². The van der Waals surface area contributed by atoms with Crippen molar-refractivity contribution >= 4 is 28.9 Å².